The Hall–Kier alpha value is -3.70. The van der Waals surface area contributed by atoms with Crippen LogP contribution in [-0.4, -0.2) is 26.9 Å². The largest absolute Gasteiger partial charge is 0.477 e. The molecule has 31 heavy (non-hydrogen) atoms. The zero-order chi connectivity index (χ0) is 21.4. The molecule has 1 aliphatic rings. The summed E-state index contributed by atoms with van der Waals surface area (Å²) in [6.07, 6.45) is 2.56. The Morgan fingerprint density at radius 3 is 2.52 bits per heavy atom. The monoisotopic (exact) mass is 410 g/mol. The van der Waals surface area contributed by atoms with Crippen LogP contribution in [0.1, 0.15) is 38.7 Å². The van der Waals surface area contributed by atoms with Gasteiger partial charge in [-0.3, -0.25) is 14.1 Å². The molecule has 0 aliphatic carbocycles. The molecule has 5 heteroatoms. The molecule has 4 aromatic rings. The molecule has 5 rings (SSSR count). The summed E-state index contributed by atoms with van der Waals surface area (Å²) >= 11 is 0. The molecule has 0 saturated carbocycles. The van der Waals surface area contributed by atoms with Gasteiger partial charge in [-0.1, -0.05) is 60.7 Å². The van der Waals surface area contributed by atoms with Crippen LogP contribution in [0.2, 0.25) is 0 Å². The van der Waals surface area contributed by atoms with Gasteiger partial charge in [-0.05, 0) is 46.9 Å². The van der Waals surface area contributed by atoms with E-state index in [1.54, 1.807) is 18.3 Å². The summed E-state index contributed by atoms with van der Waals surface area (Å²) in [7, 11) is 0. The third kappa shape index (κ3) is 3.43. The van der Waals surface area contributed by atoms with Crippen molar-refractivity contribution < 1.29 is 9.90 Å². The second kappa shape index (κ2) is 7.85. The van der Waals surface area contributed by atoms with Crippen LogP contribution in [0.5, 0.6) is 0 Å². The van der Waals surface area contributed by atoms with Crippen molar-refractivity contribution in [2.24, 2.45) is 0 Å². The van der Waals surface area contributed by atoms with E-state index in [-0.39, 0.29) is 11.6 Å². The van der Waals surface area contributed by atoms with E-state index in [0.29, 0.717) is 6.54 Å². The molecule has 2 aromatic heterocycles. The van der Waals surface area contributed by atoms with Crippen molar-refractivity contribution in [1.29, 1.82) is 0 Å². The summed E-state index contributed by atoms with van der Waals surface area (Å²) in [5, 5.41) is 9.59. The fraction of sp³-hybridized carbons (Fsp3) is 0.154. The Morgan fingerprint density at radius 2 is 1.71 bits per heavy atom. The maximum atomic E-state index is 12.6. The number of carboxylic acid groups (broad SMARTS) is 1. The number of carboxylic acids is 1. The smallest absolute Gasteiger partial charge is 0.341 e. The summed E-state index contributed by atoms with van der Waals surface area (Å²) in [6.45, 7) is 1.39. The highest BCUT2D eigenvalue weighted by atomic mass is 16.4. The number of hydrogen-bond acceptors (Lipinski definition) is 3. The van der Waals surface area contributed by atoms with Crippen LogP contribution in [-0.2, 0) is 13.0 Å². The maximum Gasteiger partial charge on any atom is 0.341 e. The van der Waals surface area contributed by atoms with E-state index < -0.39 is 11.5 Å². The predicted molar refractivity (Wildman–Crippen MR) is 119 cm³/mol. The minimum atomic E-state index is -1.20. The van der Waals surface area contributed by atoms with E-state index in [1.807, 2.05) is 30.3 Å². The first-order chi connectivity index (χ1) is 15.1. The minimum absolute atomic E-state index is 0.0649. The Kier molecular flexibility index (Phi) is 4.88. The number of benzene rings is 2. The van der Waals surface area contributed by atoms with Gasteiger partial charge in [0.1, 0.15) is 5.56 Å². The van der Waals surface area contributed by atoms with E-state index in [9.17, 15) is 14.7 Å². The quantitative estimate of drug-likeness (QED) is 0.549. The normalized spacial score (nSPS) is 16.2. The first kappa shape index (κ1) is 19.3. The molecule has 3 heterocycles. The van der Waals surface area contributed by atoms with Crippen LogP contribution in [0.4, 0.5) is 0 Å². The van der Waals surface area contributed by atoms with Crippen LogP contribution >= 0.6 is 0 Å². The summed E-state index contributed by atoms with van der Waals surface area (Å²) in [5.74, 6) is -1.20. The van der Waals surface area contributed by atoms with E-state index >= 15 is 0 Å². The van der Waals surface area contributed by atoms with Gasteiger partial charge in [0.15, 0.2) is 0 Å². The summed E-state index contributed by atoms with van der Waals surface area (Å²) in [6, 6.07) is 26.0. The third-order valence-corrected chi connectivity index (χ3v) is 6.06. The van der Waals surface area contributed by atoms with Gasteiger partial charge in [0, 0.05) is 19.3 Å². The Labute approximate surface area is 179 Å². The molecule has 0 unspecified atom stereocenters. The lowest BCUT2D eigenvalue weighted by Gasteiger charge is -2.38. The minimum Gasteiger partial charge on any atom is -0.477 e. The van der Waals surface area contributed by atoms with Gasteiger partial charge in [-0.2, -0.15) is 0 Å². The van der Waals surface area contributed by atoms with Crippen molar-refractivity contribution in [2.75, 3.05) is 6.54 Å². The average Bonchev–Trinajstić information content (AvgIpc) is 2.81. The number of aromatic nitrogens is 1. The van der Waals surface area contributed by atoms with Crippen molar-refractivity contribution in [2.45, 2.75) is 19.0 Å². The molecule has 1 atom stereocenters. The number of aromatic carboxylic acids is 1. The van der Waals surface area contributed by atoms with Crippen LogP contribution < -0.4 is 5.56 Å². The number of nitrogens with zero attached hydrogens (tertiary/aromatic N) is 2. The second-order valence-corrected chi connectivity index (χ2v) is 7.88. The molecule has 0 amide bonds. The highest BCUT2D eigenvalue weighted by molar-refractivity contribution is 5.88. The molecule has 0 saturated heterocycles. The van der Waals surface area contributed by atoms with Gasteiger partial charge in [-0.25, -0.2) is 4.79 Å². The lowest BCUT2D eigenvalue weighted by molar-refractivity contribution is 0.0694. The van der Waals surface area contributed by atoms with Crippen molar-refractivity contribution >= 4 is 11.5 Å². The first-order valence-electron chi connectivity index (χ1n) is 10.4. The molecular weight excluding hydrogens is 388 g/mol. The Balaban J connectivity index is 1.64. The second-order valence-electron chi connectivity index (χ2n) is 7.88. The van der Waals surface area contributed by atoms with Gasteiger partial charge < -0.3 is 5.11 Å². The molecule has 154 valence electrons. The third-order valence-electron chi connectivity index (χ3n) is 6.06. The Morgan fingerprint density at radius 1 is 0.968 bits per heavy atom. The summed E-state index contributed by atoms with van der Waals surface area (Å²) < 4.78 is 1.44. The number of pyridine rings is 2. The van der Waals surface area contributed by atoms with Gasteiger partial charge in [0.2, 0.25) is 0 Å². The SMILES string of the molecule is O=C(O)c1cc(CN2CCc3ccccc3[C@H]2c2ccccc2)c2ccccn2c1=O. The number of carbonyl (C=O) groups is 1. The standard InChI is InChI=1S/C26H22N2O3/c29-25-22(26(30)31)16-20(23-12-6-7-14-28(23)25)17-27-15-13-18-8-4-5-11-21(18)24(27)19-9-2-1-3-10-19/h1-12,14,16,24H,13,15,17H2,(H,30,31)/t24-/m1/s1. The maximum absolute atomic E-state index is 12.6. The molecular formula is C26H22N2O3. The lowest BCUT2D eigenvalue weighted by atomic mass is 9.88. The summed E-state index contributed by atoms with van der Waals surface area (Å²) in [4.78, 5) is 26.7. The highest BCUT2D eigenvalue weighted by Crippen LogP contribution is 2.36. The molecule has 2 aromatic carbocycles. The van der Waals surface area contributed by atoms with Crippen LogP contribution in [0.15, 0.2) is 89.9 Å². The van der Waals surface area contributed by atoms with Crippen LogP contribution in [0, 0.1) is 0 Å². The fourth-order valence-electron chi connectivity index (χ4n) is 4.63. The number of rotatable bonds is 4. The predicted octanol–water partition coefficient (Wildman–Crippen LogP) is 4.15. The molecule has 0 radical (unpaired) electrons. The van der Waals surface area contributed by atoms with Crippen molar-refractivity contribution in [3.8, 4) is 0 Å². The van der Waals surface area contributed by atoms with Gasteiger partial charge in [-0.15, -0.1) is 0 Å². The van der Waals surface area contributed by atoms with E-state index in [2.05, 4.69) is 41.3 Å². The zero-order valence-electron chi connectivity index (χ0n) is 16.9. The van der Waals surface area contributed by atoms with Gasteiger partial charge >= 0.3 is 5.97 Å². The highest BCUT2D eigenvalue weighted by Gasteiger charge is 2.29. The van der Waals surface area contributed by atoms with E-state index in [1.165, 1.54) is 21.1 Å². The Bertz CT molecular complexity index is 1330. The van der Waals surface area contributed by atoms with E-state index in [0.717, 1.165) is 24.0 Å². The van der Waals surface area contributed by atoms with Gasteiger partial charge in [0.05, 0.1) is 11.6 Å². The van der Waals surface area contributed by atoms with Crippen molar-refractivity contribution in [3.63, 3.8) is 0 Å². The molecule has 1 N–H and O–H groups in total. The topological polar surface area (TPSA) is 62.0 Å². The van der Waals surface area contributed by atoms with Crippen LogP contribution in [0.3, 0.4) is 0 Å². The first-order valence-corrected chi connectivity index (χ1v) is 10.4. The van der Waals surface area contributed by atoms with Crippen LogP contribution in [0.25, 0.3) is 5.52 Å². The molecule has 5 nitrogen and oxygen atoms in total. The van der Waals surface area contributed by atoms with E-state index in [4.69, 9.17) is 0 Å². The molecule has 0 bridgehead atoms. The average molecular weight is 410 g/mol. The number of fused-ring (bicyclic) bond motifs is 2. The molecule has 0 spiro atoms. The molecule has 0 fully saturated rings. The summed E-state index contributed by atoms with van der Waals surface area (Å²) in [5.41, 5.74) is 4.68. The molecule has 1 aliphatic heterocycles. The zero-order valence-corrected chi connectivity index (χ0v) is 16.9. The number of hydrogen-bond donors (Lipinski definition) is 1. The fourth-order valence-corrected chi connectivity index (χ4v) is 4.63. The van der Waals surface area contributed by atoms with Gasteiger partial charge in [0.25, 0.3) is 5.56 Å². The lowest BCUT2D eigenvalue weighted by Crippen LogP contribution is -2.36. The van der Waals surface area contributed by atoms with Crippen molar-refractivity contribution in [3.05, 3.63) is 123 Å². The van der Waals surface area contributed by atoms with Crippen molar-refractivity contribution in [1.82, 2.24) is 9.30 Å².